The Bertz CT molecular complexity index is 1630. The van der Waals surface area contributed by atoms with Crippen LogP contribution in [-0.2, 0) is 11.4 Å². The number of nitrogens with one attached hydrogen (secondary N) is 1. The molecule has 41 heavy (non-hydrogen) atoms. The minimum absolute atomic E-state index is 0.0942. The summed E-state index contributed by atoms with van der Waals surface area (Å²) in [5, 5.41) is 14.1. The van der Waals surface area contributed by atoms with E-state index in [-0.39, 0.29) is 11.7 Å². The first kappa shape index (κ1) is 27.9. The molecule has 0 unspecified atom stereocenters. The molecule has 1 amide bonds. The zero-order valence-corrected chi connectivity index (χ0v) is 23.7. The van der Waals surface area contributed by atoms with Crippen LogP contribution in [0.3, 0.4) is 0 Å². The number of carbonyl (C=O) groups is 1. The summed E-state index contributed by atoms with van der Waals surface area (Å²) >= 11 is 7.34. The number of ether oxygens (including phenoxy) is 2. The quantitative estimate of drug-likeness (QED) is 0.110. The predicted molar refractivity (Wildman–Crippen MR) is 162 cm³/mol. The minimum Gasteiger partial charge on any atom is -0.493 e. The first-order valence-electron chi connectivity index (χ1n) is 12.7. The van der Waals surface area contributed by atoms with Gasteiger partial charge in [0.1, 0.15) is 6.61 Å². The number of methoxy groups -OCH3 is 1. The van der Waals surface area contributed by atoms with Gasteiger partial charge in [-0.3, -0.25) is 9.36 Å². The van der Waals surface area contributed by atoms with Crippen LogP contribution in [0.2, 0.25) is 5.02 Å². The first-order valence-corrected chi connectivity index (χ1v) is 14.0. The molecule has 0 aliphatic heterocycles. The Morgan fingerprint density at radius 2 is 1.68 bits per heavy atom. The van der Waals surface area contributed by atoms with Gasteiger partial charge in [-0.25, -0.2) is 5.43 Å². The fraction of sp³-hybridized carbons (Fsp3) is 0.0968. The molecule has 0 saturated carbocycles. The van der Waals surface area contributed by atoms with E-state index in [2.05, 4.69) is 20.7 Å². The van der Waals surface area contributed by atoms with Gasteiger partial charge < -0.3 is 9.47 Å². The lowest BCUT2D eigenvalue weighted by atomic mass is 10.2. The second-order valence-corrected chi connectivity index (χ2v) is 10.1. The summed E-state index contributed by atoms with van der Waals surface area (Å²) in [4.78, 5) is 12.6. The average Bonchev–Trinajstić information content (AvgIpc) is 3.44. The number of carbonyl (C=O) groups excluding carboxylic acids is 1. The predicted octanol–water partition coefficient (Wildman–Crippen LogP) is 6.42. The summed E-state index contributed by atoms with van der Waals surface area (Å²) in [5.41, 5.74) is 6.11. The number of hydrazone groups is 1. The smallest absolute Gasteiger partial charge is 0.250 e. The van der Waals surface area contributed by atoms with Gasteiger partial charge in [0.25, 0.3) is 5.91 Å². The lowest BCUT2D eigenvalue weighted by molar-refractivity contribution is -0.118. The number of hydrogen-bond donors (Lipinski definition) is 1. The van der Waals surface area contributed by atoms with Crippen molar-refractivity contribution in [2.75, 3.05) is 12.9 Å². The fourth-order valence-electron chi connectivity index (χ4n) is 3.92. The van der Waals surface area contributed by atoms with Gasteiger partial charge in [-0.15, -0.1) is 10.2 Å². The van der Waals surface area contributed by atoms with Gasteiger partial charge in [-0.1, -0.05) is 71.9 Å². The van der Waals surface area contributed by atoms with Crippen LogP contribution < -0.4 is 14.9 Å². The van der Waals surface area contributed by atoms with E-state index in [1.165, 1.54) is 11.8 Å². The van der Waals surface area contributed by atoms with Crippen LogP contribution in [0.5, 0.6) is 11.5 Å². The molecule has 206 valence electrons. The molecule has 5 rings (SSSR count). The number of rotatable bonds is 11. The third-order valence-electron chi connectivity index (χ3n) is 5.91. The Labute approximate surface area is 247 Å². The highest BCUT2D eigenvalue weighted by molar-refractivity contribution is 7.99. The van der Waals surface area contributed by atoms with Crippen LogP contribution in [0.1, 0.15) is 11.1 Å². The van der Waals surface area contributed by atoms with Crippen molar-refractivity contribution in [3.05, 3.63) is 119 Å². The van der Waals surface area contributed by atoms with Gasteiger partial charge >= 0.3 is 0 Å². The molecule has 0 atom stereocenters. The Balaban J connectivity index is 1.23. The van der Waals surface area contributed by atoms with E-state index in [9.17, 15) is 4.79 Å². The molecule has 1 aromatic heterocycles. The van der Waals surface area contributed by atoms with Gasteiger partial charge in [0, 0.05) is 16.3 Å². The molecular weight excluding hydrogens is 558 g/mol. The summed E-state index contributed by atoms with van der Waals surface area (Å²) in [6.45, 7) is 0.402. The standard InChI is InChI=1S/C31H26ClN5O3S/c1-39-27-17-12-23(18-28(27)40-20-22-8-4-2-5-9-22)19-33-34-29(38)21-41-31-36-35-30(24-13-15-25(32)16-14-24)37(31)26-10-6-3-7-11-26/h2-19H,20-21H2,1H3,(H,34,38)/b33-19+. The van der Waals surface area contributed by atoms with E-state index < -0.39 is 0 Å². The third-order valence-corrected chi connectivity index (χ3v) is 7.09. The number of para-hydroxylation sites is 1. The lowest BCUT2D eigenvalue weighted by Crippen LogP contribution is -2.20. The molecule has 0 saturated heterocycles. The van der Waals surface area contributed by atoms with Gasteiger partial charge in [-0.2, -0.15) is 5.10 Å². The van der Waals surface area contributed by atoms with E-state index in [0.29, 0.717) is 34.1 Å². The molecule has 0 radical (unpaired) electrons. The Morgan fingerprint density at radius 1 is 0.951 bits per heavy atom. The Kier molecular flexibility index (Phi) is 9.30. The topological polar surface area (TPSA) is 90.6 Å². The van der Waals surface area contributed by atoms with Crippen LogP contribution in [0.25, 0.3) is 17.1 Å². The van der Waals surface area contributed by atoms with Crippen LogP contribution >= 0.6 is 23.4 Å². The molecule has 0 bridgehead atoms. The molecule has 8 nitrogen and oxygen atoms in total. The maximum atomic E-state index is 12.6. The van der Waals surface area contributed by atoms with Gasteiger partial charge in [0.2, 0.25) is 0 Å². The van der Waals surface area contributed by atoms with Crippen molar-refractivity contribution in [3.8, 4) is 28.6 Å². The summed E-state index contributed by atoms with van der Waals surface area (Å²) < 4.78 is 13.3. The summed E-state index contributed by atoms with van der Waals surface area (Å²) in [6.07, 6.45) is 1.56. The largest absolute Gasteiger partial charge is 0.493 e. The van der Waals surface area contributed by atoms with E-state index in [0.717, 1.165) is 22.4 Å². The van der Waals surface area contributed by atoms with Crippen molar-refractivity contribution in [2.24, 2.45) is 5.10 Å². The molecule has 1 heterocycles. The zero-order valence-electron chi connectivity index (χ0n) is 22.1. The van der Waals surface area contributed by atoms with E-state index in [1.54, 1.807) is 31.5 Å². The number of nitrogens with zero attached hydrogens (tertiary/aromatic N) is 4. The van der Waals surface area contributed by atoms with Crippen molar-refractivity contribution in [3.63, 3.8) is 0 Å². The number of benzene rings is 4. The maximum absolute atomic E-state index is 12.6. The molecule has 1 N–H and O–H groups in total. The Hall–Kier alpha value is -4.60. The second-order valence-electron chi connectivity index (χ2n) is 8.75. The van der Waals surface area contributed by atoms with Crippen molar-refractivity contribution >= 4 is 35.5 Å². The Morgan fingerprint density at radius 3 is 2.41 bits per heavy atom. The third kappa shape index (κ3) is 7.33. The number of aromatic nitrogens is 3. The number of amides is 1. The number of halogens is 1. The minimum atomic E-state index is -0.282. The SMILES string of the molecule is COc1ccc(/C=N/NC(=O)CSc2nnc(-c3ccc(Cl)cc3)n2-c2ccccc2)cc1OCc1ccccc1. The summed E-state index contributed by atoms with van der Waals surface area (Å²) in [6, 6.07) is 32.4. The van der Waals surface area contributed by atoms with E-state index in [1.807, 2.05) is 89.5 Å². The molecular formula is C31H26ClN5O3S. The monoisotopic (exact) mass is 583 g/mol. The van der Waals surface area contributed by atoms with Crippen molar-refractivity contribution in [2.45, 2.75) is 11.8 Å². The summed E-state index contributed by atoms with van der Waals surface area (Å²) in [7, 11) is 1.59. The molecule has 10 heteroatoms. The normalized spacial score (nSPS) is 11.0. The molecule has 4 aromatic carbocycles. The maximum Gasteiger partial charge on any atom is 0.250 e. The van der Waals surface area contributed by atoms with Crippen LogP contribution in [0, 0.1) is 0 Å². The fourth-order valence-corrected chi connectivity index (χ4v) is 4.79. The zero-order chi connectivity index (χ0) is 28.4. The second kappa shape index (κ2) is 13.6. The van der Waals surface area contributed by atoms with Crippen molar-refractivity contribution in [1.29, 1.82) is 0 Å². The van der Waals surface area contributed by atoms with Crippen molar-refractivity contribution < 1.29 is 14.3 Å². The highest BCUT2D eigenvalue weighted by Gasteiger charge is 2.17. The van der Waals surface area contributed by atoms with Crippen LogP contribution in [0.15, 0.2) is 113 Å². The molecule has 5 aromatic rings. The van der Waals surface area contributed by atoms with Gasteiger partial charge in [0.05, 0.1) is 19.1 Å². The first-order chi connectivity index (χ1) is 20.1. The molecule has 0 aliphatic rings. The van der Waals surface area contributed by atoms with E-state index in [4.69, 9.17) is 21.1 Å². The van der Waals surface area contributed by atoms with Crippen LogP contribution in [0.4, 0.5) is 0 Å². The molecule has 0 aliphatic carbocycles. The highest BCUT2D eigenvalue weighted by Crippen LogP contribution is 2.29. The van der Waals surface area contributed by atoms with Crippen LogP contribution in [-0.4, -0.2) is 39.7 Å². The number of thioether (sulfide) groups is 1. The average molecular weight is 584 g/mol. The van der Waals surface area contributed by atoms with Gasteiger partial charge in [-0.05, 0) is 65.7 Å². The highest BCUT2D eigenvalue weighted by atomic mass is 35.5. The molecule has 0 spiro atoms. The number of hydrogen-bond acceptors (Lipinski definition) is 7. The van der Waals surface area contributed by atoms with E-state index >= 15 is 0 Å². The van der Waals surface area contributed by atoms with Gasteiger partial charge in [0.15, 0.2) is 22.5 Å². The summed E-state index contributed by atoms with van der Waals surface area (Å²) in [5.74, 6) is 1.66. The van der Waals surface area contributed by atoms with Crippen molar-refractivity contribution in [1.82, 2.24) is 20.2 Å². The molecule has 0 fully saturated rings. The lowest BCUT2D eigenvalue weighted by Gasteiger charge is -2.11.